The van der Waals surface area contributed by atoms with E-state index in [1.165, 1.54) is 7.11 Å². The lowest BCUT2D eigenvalue weighted by Crippen LogP contribution is -2.47. The van der Waals surface area contributed by atoms with Crippen molar-refractivity contribution in [3.8, 4) is 0 Å². The van der Waals surface area contributed by atoms with Crippen LogP contribution in [0, 0.1) is 5.41 Å². The molecule has 2 atom stereocenters. The Morgan fingerprint density at radius 1 is 1.19 bits per heavy atom. The number of aliphatic hydroxyl groups excluding tert-OH is 1. The van der Waals surface area contributed by atoms with E-state index >= 15 is 0 Å². The highest BCUT2D eigenvalue weighted by atomic mass is 16.7. The van der Waals surface area contributed by atoms with Crippen LogP contribution in [0.4, 0.5) is 4.79 Å². The van der Waals surface area contributed by atoms with Gasteiger partial charge in [-0.3, -0.25) is 10.1 Å². The summed E-state index contributed by atoms with van der Waals surface area (Å²) in [7, 11) is 1.31. The summed E-state index contributed by atoms with van der Waals surface area (Å²) in [6.45, 7) is 5.82. The summed E-state index contributed by atoms with van der Waals surface area (Å²) in [5.74, 6) is -0.453. The number of benzene rings is 1. The van der Waals surface area contributed by atoms with E-state index in [1.54, 1.807) is 0 Å². The van der Waals surface area contributed by atoms with Crippen LogP contribution in [0.3, 0.4) is 0 Å². The number of unbranched alkanes of at least 4 members (excludes halogenated alkanes) is 1. The molecule has 1 saturated heterocycles. The number of carbonyl (C=O) groups is 2. The third-order valence-corrected chi connectivity index (χ3v) is 5.02. The average molecular weight is 453 g/mol. The molecule has 1 unspecified atom stereocenters. The Bertz CT molecular complexity index is 689. The SMILES string of the molecule is COC(=O)[C@H](CCCCNC(=O)OCc1ccccc1)NC(O)CC1OCC(C)(C)CO1. The zero-order chi connectivity index (χ0) is 23.4. The second kappa shape index (κ2) is 13.4. The number of hydrogen-bond acceptors (Lipinski definition) is 8. The van der Waals surface area contributed by atoms with Gasteiger partial charge in [-0.25, -0.2) is 4.79 Å². The molecule has 0 radical (unpaired) electrons. The standard InChI is InChI=1S/C23H36N2O7/c1-23(2)15-31-20(32-16-23)13-19(26)25-18(21(27)29-3)11-7-8-12-24-22(28)30-14-17-9-5-4-6-10-17/h4-6,9-10,18-20,25-26H,7-8,11-16H2,1-3H3,(H,24,28)/t18-,19?/m0/s1. The first-order chi connectivity index (χ1) is 15.3. The maximum atomic E-state index is 12.1. The number of amides is 1. The molecule has 0 saturated carbocycles. The van der Waals surface area contributed by atoms with Crippen LogP contribution in [-0.2, 0) is 30.3 Å². The van der Waals surface area contributed by atoms with Crippen LogP contribution in [0.2, 0.25) is 0 Å². The molecule has 1 aromatic rings. The number of alkyl carbamates (subject to hydrolysis) is 1. The van der Waals surface area contributed by atoms with Crippen LogP contribution >= 0.6 is 0 Å². The third kappa shape index (κ3) is 9.95. The molecular weight excluding hydrogens is 416 g/mol. The van der Waals surface area contributed by atoms with Crippen molar-refractivity contribution in [3.63, 3.8) is 0 Å². The molecule has 1 aliphatic heterocycles. The molecule has 9 heteroatoms. The zero-order valence-electron chi connectivity index (χ0n) is 19.2. The molecular formula is C23H36N2O7. The molecule has 1 amide bonds. The van der Waals surface area contributed by atoms with Crippen LogP contribution in [-0.4, -0.2) is 62.6 Å². The number of hydrogen-bond donors (Lipinski definition) is 3. The van der Waals surface area contributed by atoms with E-state index < -0.39 is 30.6 Å². The van der Waals surface area contributed by atoms with Gasteiger partial charge in [0.1, 0.15) is 18.9 Å². The fourth-order valence-corrected chi connectivity index (χ4v) is 3.20. The van der Waals surface area contributed by atoms with Crippen molar-refractivity contribution in [2.75, 3.05) is 26.9 Å². The lowest BCUT2D eigenvalue weighted by atomic mass is 9.95. The molecule has 1 aliphatic rings. The topological polar surface area (TPSA) is 115 Å². The van der Waals surface area contributed by atoms with Crippen molar-refractivity contribution in [1.82, 2.24) is 10.6 Å². The highest BCUT2D eigenvalue weighted by Gasteiger charge is 2.30. The van der Waals surface area contributed by atoms with Gasteiger partial charge in [0.05, 0.1) is 20.3 Å². The summed E-state index contributed by atoms with van der Waals surface area (Å²) >= 11 is 0. The van der Waals surface area contributed by atoms with Gasteiger partial charge in [0, 0.05) is 18.4 Å². The third-order valence-electron chi connectivity index (χ3n) is 5.02. The number of ether oxygens (including phenoxy) is 4. The van der Waals surface area contributed by atoms with Crippen LogP contribution in [0.1, 0.15) is 45.1 Å². The van der Waals surface area contributed by atoms with Gasteiger partial charge in [-0.15, -0.1) is 0 Å². The zero-order valence-corrected chi connectivity index (χ0v) is 19.2. The van der Waals surface area contributed by atoms with E-state index in [-0.39, 0.29) is 18.4 Å². The van der Waals surface area contributed by atoms with Gasteiger partial charge in [-0.1, -0.05) is 44.2 Å². The van der Waals surface area contributed by atoms with Gasteiger partial charge in [-0.05, 0) is 24.8 Å². The fraction of sp³-hybridized carbons (Fsp3) is 0.652. The highest BCUT2D eigenvalue weighted by molar-refractivity contribution is 5.75. The van der Waals surface area contributed by atoms with Gasteiger partial charge in [-0.2, -0.15) is 0 Å². The largest absolute Gasteiger partial charge is 0.468 e. The maximum Gasteiger partial charge on any atom is 0.407 e. The Kier molecular flexibility index (Phi) is 10.9. The summed E-state index contributed by atoms with van der Waals surface area (Å²) in [5, 5.41) is 15.9. The molecule has 0 aromatic heterocycles. The second-order valence-corrected chi connectivity index (χ2v) is 8.69. The number of rotatable bonds is 12. The summed E-state index contributed by atoms with van der Waals surface area (Å²) in [5.41, 5.74) is 0.867. The molecule has 0 aliphatic carbocycles. The van der Waals surface area contributed by atoms with E-state index in [1.807, 2.05) is 44.2 Å². The summed E-state index contributed by atoms with van der Waals surface area (Å²) in [6, 6.07) is 8.77. The lowest BCUT2D eigenvalue weighted by Gasteiger charge is -2.35. The minimum atomic E-state index is -0.976. The lowest BCUT2D eigenvalue weighted by molar-refractivity contribution is -0.232. The summed E-state index contributed by atoms with van der Waals surface area (Å²) < 4.78 is 21.2. The first kappa shape index (κ1) is 26.1. The molecule has 1 aromatic carbocycles. The molecule has 3 N–H and O–H groups in total. The Morgan fingerprint density at radius 2 is 1.88 bits per heavy atom. The van der Waals surface area contributed by atoms with Crippen molar-refractivity contribution in [2.45, 2.75) is 64.7 Å². The van der Waals surface area contributed by atoms with Crippen molar-refractivity contribution in [1.29, 1.82) is 0 Å². The van der Waals surface area contributed by atoms with E-state index in [0.717, 1.165) is 5.56 Å². The Balaban J connectivity index is 1.63. The van der Waals surface area contributed by atoms with Gasteiger partial charge in [0.2, 0.25) is 0 Å². The second-order valence-electron chi connectivity index (χ2n) is 8.69. The van der Waals surface area contributed by atoms with Crippen LogP contribution < -0.4 is 10.6 Å². The van der Waals surface area contributed by atoms with E-state index in [4.69, 9.17) is 18.9 Å². The number of methoxy groups -OCH3 is 1. The number of esters is 1. The first-order valence-corrected chi connectivity index (χ1v) is 11.0. The fourth-order valence-electron chi connectivity index (χ4n) is 3.20. The number of aliphatic hydroxyl groups is 1. The summed E-state index contributed by atoms with van der Waals surface area (Å²) in [4.78, 5) is 23.8. The molecule has 9 nitrogen and oxygen atoms in total. The molecule has 180 valence electrons. The molecule has 1 fully saturated rings. The molecule has 32 heavy (non-hydrogen) atoms. The quantitative estimate of drug-likeness (QED) is 0.251. The Hall–Kier alpha value is -2.20. The number of nitrogens with one attached hydrogen (secondary N) is 2. The molecule has 0 bridgehead atoms. The van der Waals surface area contributed by atoms with Crippen LogP contribution in [0.25, 0.3) is 0 Å². The Labute approximate surface area is 189 Å². The predicted octanol–water partition coefficient (Wildman–Crippen LogP) is 2.32. The van der Waals surface area contributed by atoms with E-state index in [2.05, 4.69) is 10.6 Å². The average Bonchev–Trinajstić information content (AvgIpc) is 2.78. The molecule has 0 spiro atoms. The minimum absolute atomic E-state index is 0.0502. The molecule has 2 rings (SSSR count). The summed E-state index contributed by atoms with van der Waals surface area (Å²) in [6.07, 6.45) is -0.0325. The first-order valence-electron chi connectivity index (χ1n) is 11.0. The Morgan fingerprint density at radius 3 is 2.53 bits per heavy atom. The van der Waals surface area contributed by atoms with E-state index in [9.17, 15) is 14.7 Å². The minimum Gasteiger partial charge on any atom is -0.468 e. The molecule has 1 heterocycles. The van der Waals surface area contributed by atoms with Gasteiger partial charge >= 0.3 is 12.1 Å². The number of carbonyl (C=O) groups excluding carboxylic acids is 2. The normalized spacial score (nSPS) is 17.9. The van der Waals surface area contributed by atoms with Crippen molar-refractivity contribution >= 4 is 12.1 Å². The predicted molar refractivity (Wildman–Crippen MR) is 118 cm³/mol. The van der Waals surface area contributed by atoms with Crippen molar-refractivity contribution in [2.24, 2.45) is 5.41 Å². The van der Waals surface area contributed by atoms with Crippen LogP contribution in [0.15, 0.2) is 30.3 Å². The monoisotopic (exact) mass is 452 g/mol. The maximum absolute atomic E-state index is 12.1. The smallest absolute Gasteiger partial charge is 0.407 e. The van der Waals surface area contributed by atoms with Gasteiger partial charge in [0.15, 0.2) is 6.29 Å². The van der Waals surface area contributed by atoms with Gasteiger partial charge < -0.3 is 29.4 Å². The highest BCUT2D eigenvalue weighted by Crippen LogP contribution is 2.24. The van der Waals surface area contributed by atoms with E-state index in [0.29, 0.717) is 39.0 Å². The van der Waals surface area contributed by atoms with Crippen molar-refractivity contribution in [3.05, 3.63) is 35.9 Å². The van der Waals surface area contributed by atoms with Gasteiger partial charge in [0.25, 0.3) is 0 Å². The van der Waals surface area contributed by atoms with Crippen LogP contribution in [0.5, 0.6) is 0 Å². The van der Waals surface area contributed by atoms with Crippen molar-refractivity contribution < 1.29 is 33.6 Å².